The Hall–Kier alpha value is -1.01. The van der Waals surface area contributed by atoms with E-state index in [0.29, 0.717) is 6.42 Å². The molecule has 0 aliphatic rings. The molecule has 0 aliphatic heterocycles. The predicted octanol–water partition coefficient (Wildman–Crippen LogP) is -3.35. The van der Waals surface area contributed by atoms with Gasteiger partial charge in [0.25, 0.3) is 0 Å². The van der Waals surface area contributed by atoms with Crippen molar-refractivity contribution in [3.8, 4) is 24.2 Å². The molecule has 0 fully saturated rings. The molecular weight excluding hydrogens is 255 g/mol. The second-order valence-electron chi connectivity index (χ2n) is 3.22. The molecule has 0 aromatic rings. The van der Waals surface area contributed by atoms with Crippen molar-refractivity contribution in [2.75, 3.05) is 13.2 Å². The summed E-state index contributed by atoms with van der Waals surface area (Å²) in [4.78, 5) is 9.98. The SMILES string of the molecule is C#CC[C@@H](O)/C=C/C=C/C#CCCOCC(=O)[O-].[Na+]. The smallest absolute Gasteiger partial charge is 0.548 e. The van der Waals surface area contributed by atoms with Crippen molar-refractivity contribution in [1.29, 1.82) is 0 Å². The largest absolute Gasteiger partial charge is 1.00 e. The average Bonchev–Trinajstić information content (AvgIpc) is 2.31. The van der Waals surface area contributed by atoms with E-state index in [4.69, 9.17) is 11.2 Å². The van der Waals surface area contributed by atoms with Crippen molar-refractivity contribution >= 4 is 5.97 Å². The standard InChI is InChI=1S/C14H16O4.Na/c1-2-9-13(15)10-7-5-3-4-6-8-11-18-12-14(16)17;/h1,3,5,7,10,13,15H,8-9,11-12H2,(H,16,17);/q;+1/p-1/b5-3+,10-7+;/t13-;/m1./s1. The summed E-state index contributed by atoms with van der Waals surface area (Å²) in [5.41, 5.74) is 0. The first kappa shape index (κ1) is 20.3. The van der Waals surface area contributed by atoms with Crippen molar-refractivity contribution in [3.05, 3.63) is 24.3 Å². The number of carboxylic acid groups (broad SMARTS) is 1. The molecule has 0 bridgehead atoms. The van der Waals surface area contributed by atoms with Gasteiger partial charge in [0.2, 0.25) is 0 Å². The fourth-order valence-corrected chi connectivity index (χ4v) is 0.895. The first-order chi connectivity index (χ1) is 8.66. The van der Waals surface area contributed by atoms with Crippen LogP contribution in [0, 0.1) is 24.2 Å². The molecule has 0 amide bonds. The fourth-order valence-electron chi connectivity index (χ4n) is 0.895. The molecule has 0 heterocycles. The Balaban J connectivity index is 0. The molecule has 0 saturated carbocycles. The number of rotatable bonds is 7. The Morgan fingerprint density at radius 3 is 2.84 bits per heavy atom. The third-order valence-corrected chi connectivity index (χ3v) is 1.64. The number of allylic oxidation sites excluding steroid dienone is 3. The number of hydrogen-bond donors (Lipinski definition) is 1. The Bertz CT molecular complexity index is 396. The van der Waals surface area contributed by atoms with Crippen LogP contribution in [0.15, 0.2) is 24.3 Å². The molecule has 0 aromatic carbocycles. The molecule has 0 rings (SSSR count). The van der Waals surface area contributed by atoms with Gasteiger partial charge in [0.15, 0.2) is 0 Å². The summed E-state index contributed by atoms with van der Waals surface area (Å²) < 4.78 is 4.73. The van der Waals surface area contributed by atoms with Gasteiger partial charge >= 0.3 is 29.6 Å². The summed E-state index contributed by atoms with van der Waals surface area (Å²) in [5, 5.41) is 19.2. The van der Waals surface area contributed by atoms with Gasteiger partial charge < -0.3 is 19.7 Å². The topological polar surface area (TPSA) is 69.6 Å². The molecule has 0 spiro atoms. The van der Waals surface area contributed by atoms with Crippen molar-refractivity contribution < 1.29 is 49.3 Å². The maximum Gasteiger partial charge on any atom is 1.00 e. The zero-order valence-electron chi connectivity index (χ0n) is 11.0. The van der Waals surface area contributed by atoms with Crippen LogP contribution in [0.1, 0.15) is 12.8 Å². The van der Waals surface area contributed by atoms with Gasteiger partial charge in [-0.25, -0.2) is 0 Å². The zero-order valence-corrected chi connectivity index (χ0v) is 13.0. The number of terminal acetylenes is 1. The number of carbonyl (C=O) groups is 1. The second-order valence-corrected chi connectivity index (χ2v) is 3.22. The Morgan fingerprint density at radius 2 is 2.21 bits per heavy atom. The Morgan fingerprint density at radius 1 is 1.47 bits per heavy atom. The maximum atomic E-state index is 9.98. The fraction of sp³-hybridized carbons (Fsp3) is 0.357. The molecule has 96 valence electrons. The van der Waals surface area contributed by atoms with Crippen molar-refractivity contribution in [3.63, 3.8) is 0 Å². The molecule has 0 saturated heterocycles. The third-order valence-electron chi connectivity index (χ3n) is 1.64. The van der Waals surface area contributed by atoms with Crippen molar-refractivity contribution in [1.82, 2.24) is 0 Å². The maximum absolute atomic E-state index is 9.98. The first-order valence-electron chi connectivity index (χ1n) is 5.37. The minimum Gasteiger partial charge on any atom is -0.548 e. The van der Waals surface area contributed by atoms with Gasteiger partial charge in [-0.2, -0.15) is 0 Å². The third kappa shape index (κ3) is 17.0. The van der Waals surface area contributed by atoms with E-state index in [2.05, 4.69) is 17.8 Å². The Labute approximate surface area is 135 Å². The van der Waals surface area contributed by atoms with Crippen LogP contribution in [0.3, 0.4) is 0 Å². The van der Waals surface area contributed by atoms with E-state index < -0.39 is 18.7 Å². The van der Waals surface area contributed by atoms with Crippen molar-refractivity contribution in [2.45, 2.75) is 18.9 Å². The van der Waals surface area contributed by atoms with Gasteiger partial charge in [-0.3, -0.25) is 0 Å². The molecular formula is C14H15NaO4. The number of carbonyl (C=O) groups excluding carboxylic acids is 1. The summed E-state index contributed by atoms with van der Waals surface area (Å²) in [6.07, 6.45) is 11.6. The molecule has 1 N–H and O–H groups in total. The number of carboxylic acids is 1. The zero-order chi connectivity index (χ0) is 13.6. The van der Waals surface area contributed by atoms with E-state index in [0.717, 1.165) is 0 Å². The van der Waals surface area contributed by atoms with Crippen LogP contribution in [0.4, 0.5) is 0 Å². The molecule has 0 unspecified atom stereocenters. The number of ether oxygens (including phenoxy) is 1. The molecule has 5 heteroatoms. The molecule has 0 aromatic heterocycles. The van der Waals surface area contributed by atoms with Crippen LogP contribution in [0.25, 0.3) is 0 Å². The molecule has 19 heavy (non-hydrogen) atoms. The van der Waals surface area contributed by atoms with Crippen molar-refractivity contribution in [2.24, 2.45) is 0 Å². The normalized spacial score (nSPS) is 11.4. The van der Waals surface area contributed by atoms with Gasteiger partial charge in [-0.15, -0.1) is 12.3 Å². The second kappa shape index (κ2) is 15.0. The van der Waals surface area contributed by atoms with E-state index in [-0.39, 0.29) is 42.6 Å². The average molecular weight is 270 g/mol. The summed E-state index contributed by atoms with van der Waals surface area (Å²) in [6.45, 7) is -0.154. The monoisotopic (exact) mass is 270 g/mol. The van der Waals surface area contributed by atoms with Gasteiger partial charge in [0.05, 0.1) is 25.3 Å². The van der Waals surface area contributed by atoms with Crippen LogP contribution >= 0.6 is 0 Å². The van der Waals surface area contributed by atoms with Crippen LogP contribution < -0.4 is 34.7 Å². The summed E-state index contributed by atoms with van der Waals surface area (Å²) in [7, 11) is 0. The van der Waals surface area contributed by atoms with Gasteiger partial charge in [0, 0.05) is 12.8 Å². The summed E-state index contributed by atoms with van der Waals surface area (Å²) in [5.74, 6) is 6.61. The molecule has 4 nitrogen and oxygen atoms in total. The predicted molar refractivity (Wildman–Crippen MR) is 66.0 cm³/mol. The molecule has 0 aliphatic carbocycles. The van der Waals surface area contributed by atoms with E-state index in [1.54, 1.807) is 24.3 Å². The number of aliphatic hydroxyl groups excluding tert-OH is 1. The van der Waals surface area contributed by atoms with Gasteiger partial charge in [0.1, 0.15) is 0 Å². The quantitative estimate of drug-likeness (QED) is 0.227. The van der Waals surface area contributed by atoms with Gasteiger partial charge in [-0.05, 0) is 6.08 Å². The van der Waals surface area contributed by atoms with Crippen LogP contribution in [-0.4, -0.2) is 30.4 Å². The van der Waals surface area contributed by atoms with Gasteiger partial charge in [-0.1, -0.05) is 30.1 Å². The van der Waals surface area contributed by atoms with Crippen LogP contribution in [-0.2, 0) is 9.53 Å². The summed E-state index contributed by atoms with van der Waals surface area (Å²) >= 11 is 0. The first-order valence-corrected chi connectivity index (χ1v) is 5.37. The van der Waals surface area contributed by atoms with E-state index in [1.165, 1.54) is 0 Å². The van der Waals surface area contributed by atoms with Crippen LogP contribution in [0.5, 0.6) is 0 Å². The minimum absolute atomic E-state index is 0. The van der Waals surface area contributed by atoms with E-state index >= 15 is 0 Å². The van der Waals surface area contributed by atoms with Crippen LogP contribution in [0.2, 0.25) is 0 Å². The van der Waals surface area contributed by atoms with E-state index in [9.17, 15) is 15.0 Å². The number of aliphatic carboxylic acids is 1. The van der Waals surface area contributed by atoms with E-state index in [1.807, 2.05) is 0 Å². The summed E-state index contributed by atoms with van der Waals surface area (Å²) in [6, 6.07) is 0. The number of aliphatic hydroxyl groups is 1. The Kier molecular flexibility index (Phi) is 16.1. The number of hydrogen-bond acceptors (Lipinski definition) is 4. The molecule has 0 radical (unpaired) electrons. The molecule has 1 atom stereocenters. The minimum atomic E-state index is -1.24.